The number of ether oxygens (including phenoxy) is 1. The molecule has 0 N–H and O–H groups in total. The summed E-state index contributed by atoms with van der Waals surface area (Å²) < 4.78 is 5.31. The molecule has 0 aromatic heterocycles. The minimum Gasteiger partial charge on any atom is -0.493 e. The molecular weight excluding hydrogens is 162 g/mol. The van der Waals surface area contributed by atoms with Crippen LogP contribution in [-0.4, -0.2) is 6.61 Å². The highest BCUT2D eigenvalue weighted by atomic mass is 16.5. The lowest BCUT2D eigenvalue weighted by Gasteiger charge is -2.06. The van der Waals surface area contributed by atoms with Crippen molar-refractivity contribution in [1.82, 2.24) is 0 Å². The molecule has 0 unspecified atom stereocenters. The standard InChI is InChI=1S/C11H11NO/c1-2-13-11(8-9-12)10-6-4-3-5-7-10/h3-8H,2H2,1H3/b11-8+. The van der Waals surface area contributed by atoms with Gasteiger partial charge in [-0.1, -0.05) is 30.3 Å². The van der Waals surface area contributed by atoms with E-state index in [4.69, 9.17) is 10.00 Å². The van der Waals surface area contributed by atoms with Crippen LogP contribution < -0.4 is 0 Å². The summed E-state index contributed by atoms with van der Waals surface area (Å²) in [6.45, 7) is 2.47. The number of hydrogen-bond donors (Lipinski definition) is 0. The number of rotatable bonds is 3. The summed E-state index contributed by atoms with van der Waals surface area (Å²) in [6.07, 6.45) is 1.42. The van der Waals surface area contributed by atoms with E-state index in [0.717, 1.165) is 5.56 Å². The summed E-state index contributed by atoms with van der Waals surface area (Å²) in [5.41, 5.74) is 0.936. The van der Waals surface area contributed by atoms with E-state index in [1.807, 2.05) is 43.3 Å². The minimum atomic E-state index is 0.572. The molecule has 0 aliphatic heterocycles. The smallest absolute Gasteiger partial charge is 0.136 e. The number of nitrogens with zero attached hydrogens (tertiary/aromatic N) is 1. The molecule has 2 nitrogen and oxygen atoms in total. The van der Waals surface area contributed by atoms with Crippen LogP contribution in [0.4, 0.5) is 0 Å². The largest absolute Gasteiger partial charge is 0.493 e. The summed E-state index contributed by atoms with van der Waals surface area (Å²) >= 11 is 0. The molecule has 1 aromatic carbocycles. The normalized spacial score (nSPS) is 10.6. The number of nitriles is 1. The second-order valence-electron chi connectivity index (χ2n) is 2.44. The number of hydrogen-bond acceptors (Lipinski definition) is 2. The van der Waals surface area contributed by atoms with Crippen molar-refractivity contribution < 1.29 is 4.74 Å². The molecule has 0 atom stereocenters. The van der Waals surface area contributed by atoms with Crippen LogP contribution in [0.2, 0.25) is 0 Å². The van der Waals surface area contributed by atoms with Gasteiger partial charge in [0, 0.05) is 5.56 Å². The molecule has 0 spiro atoms. The van der Waals surface area contributed by atoms with Crippen LogP contribution in [0.5, 0.6) is 0 Å². The zero-order chi connectivity index (χ0) is 9.52. The highest BCUT2D eigenvalue weighted by molar-refractivity contribution is 5.61. The molecule has 0 aliphatic rings. The van der Waals surface area contributed by atoms with E-state index in [9.17, 15) is 0 Å². The van der Waals surface area contributed by atoms with Crippen LogP contribution in [0.3, 0.4) is 0 Å². The van der Waals surface area contributed by atoms with E-state index in [1.54, 1.807) is 0 Å². The Morgan fingerprint density at radius 3 is 2.69 bits per heavy atom. The van der Waals surface area contributed by atoms with E-state index in [1.165, 1.54) is 6.08 Å². The van der Waals surface area contributed by atoms with Gasteiger partial charge in [0.05, 0.1) is 18.8 Å². The molecule has 0 amide bonds. The van der Waals surface area contributed by atoms with Gasteiger partial charge in [-0.25, -0.2) is 0 Å². The summed E-state index contributed by atoms with van der Waals surface area (Å²) in [7, 11) is 0. The summed E-state index contributed by atoms with van der Waals surface area (Å²) in [4.78, 5) is 0. The second kappa shape index (κ2) is 5.00. The molecule has 0 radical (unpaired) electrons. The second-order valence-corrected chi connectivity index (χ2v) is 2.44. The van der Waals surface area contributed by atoms with E-state index in [0.29, 0.717) is 12.4 Å². The Kier molecular flexibility index (Phi) is 3.59. The molecule has 1 rings (SSSR count). The zero-order valence-corrected chi connectivity index (χ0v) is 7.53. The quantitative estimate of drug-likeness (QED) is 0.520. The highest BCUT2D eigenvalue weighted by Gasteiger charge is 1.99. The Bertz CT molecular complexity index is 322. The third kappa shape index (κ3) is 2.64. The van der Waals surface area contributed by atoms with Crippen LogP contribution in [-0.2, 0) is 4.74 Å². The monoisotopic (exact) mass is 173 g/mol. The Labute approximate surface area is 78.1 Å². The fourth-order valence-electron chi connectivity index (χ4n) is 1.02. The van der Waals surface area contributed by atoms with Gasteiger partial charge in [0.2, 0.25) is 0 Å². The van der Waals surface area contributed by atoms with Crippen molar-refractivity contribution in [2.75, 3.05) is 6.61 Å². The average molecular weight is 173 g/mol. The first-order chi connectivity index (χ1) is 6.38. The van der Waals surface area contributed by atoms with Gasteiger partial charge in [-0.05, 0) is 6.92 Å². The lowest BCUT2D eigenvalue weighted by Crippen LogP contribution is -1.90. The molecule has 2 heteroatoms. The minimum absolute atomic E-state index is 0.572. The zero-order valence-electron chi connectivity index (χ0n) is 7.53. The van der Waals surface area contributed by atoms with Gasteiger partial charge >= 0.3 is 0 Å². The first kappa shape index (κ1) is 9.34. The van der Waals surface area contributed by atoms with Crippen LogP contribution in [0.1, 0.15) is 12.5 Å². The van der Waals surface area contributed by atoms with Gasteiger partial charge in [0.15, 0.2) is 0 Å². The summed E-state index contributed by atoms with van der Waals surface area (Å²) in [6, 6.07) is 11.6. The van der Waals surface area contributed by atoms with E-state index < -0.39 is 0 Å². The fourth-order valence-corrected chi connectivity index (χ4v) is 1.02. The molecule has 0 saturated heterocycles. The Morgan fingerprint density at radius 1 is 1.46 bits per heavy atom. The van der Waals surface area contributed by atoms with Crippen LogP contribution in [0, 0.1) is 11.3 Å². The molecule has 1 aromatic rings. The van der Waals surface area contributed by atoms with Crippen molar-refractivity contribution in [2.24, 2.45) is 0 Å². The third-order valence-electron chi connectivity index (χ3n) is 1.55. The summed E-state index contributed by atoms with van der Waals surface area (Å²) in [5, 5.41) is 8.52. The molecule has 0 saturated carbocycles. The van der Waals surface area contributed by atoms with Crippen molar-refractivity contribution in [3.05, 3.63) is 42.0 Å². The maximum atomic E-state index is 8.52. The Morgan fingerprint density at radius 2 is 2.15 bits per heavy atom. The van der Waals surface area contributed by atoms with Crippen molar-refractivity contribution in [3.63, 3.8) is 0 Å². The average Bonchev–Trinajstić information content (AvgIpc) is 2.19. The van der Waals surface area contributed by atoms with Gasteiger partial charge in [-0.2, -0.15) is 5.26 Å². The van der Waals surface area contributed by atoms with Gasteiger partial charge in [-0.15, -0.1) is 0 Å². The van der Waals surface area contributed by atoms with E-state index in [2.05, 4.69) is 0 Å². The first-order valence-electron chi connectivity index (χ1n) is 4.16. The molecule has 0 fully saturated rings. The maximum Gasteiger partial charge on any atom is 0.136 e. The molecule has 0 bridgehead atoms. The summed E-state index contributed by atoms with van der Waals surface area (Å²) in [5.74, 6) is 0.630. The highest BCUT2D eigenvalue weighted by Crippen LogP contribution is 2.14. The first-order valence-corrected chi connectivity index (χ1v) is 4.16. The molecular formula is C11H11NO. The topological polar surface area (TPSA) is 33.0 Å². The Balaban J connectivity index is 2.91. The van der Waals surface area contributed by atoms with Gasteiger partial charge in [-0.3, -0.25) is 0 Å². The lowest BCUT2D eigenvalue weighted by atomic mass is 10.2. The van der Waals surface area contributed by atoms with Crippen LogP contribution in [0.15, 0.2) is 36.4 Å². The molecule has 13 heavy (non-hydrogen) atoms. The van der Waals surface area contributed by atoms with Gasteiger partial charge in [0.1, 0.15) is 5.76 Å². The molecule has 0 aliphatic carbocycles. The van der Waals surface area contributed by atoms with Crippen molar-refractivity contribution in [3.8, 4) is 6.07 Å². The fraction of sp³-hybridized carbons (Fsp3) is 0.182. The molecule has 66 valence electrons. The predicted molar refractivity (Wildman–Crippen MR) is 51.7 cm³/mol. The third-order valence-corrected chi connectivity index (χ3v) is 1.55. The van der Waals surface area contributed by atoms with Crippen molar-refractivity contribution in [2.45, 2.75) is 6.92 Å². The molecule has 0 heterocycles. The lowest BCUT2D eigenvalue weighted by molar-refractivity contribution is 0.298. The Hall–Kier alpha value is -1.75. The van der Waals surface area contributed by atoms with E-state index in [-0.39, 0.29) is 0 Å². The predicted octanol–water partition coefficient (Wildman–Crippen LogP) is 2.59. The van der Waals surface area contributed by atoms with Crippen molar-refractivity contribution >= 4 is 5.76 Å². The maximum absolute atomic E-state index is 8.52. The van der Waals surface area contributed by atoms with Gasteiger partial charge in [0.25, 0.3) is 0 Å². The number of benzene rings is 1. The van der Waals surface area contributed by atoms with Crippen LogP contribution >= 0.6 is 0 Å². The van der Waals surface area contributed by atoms with Crippen molar-refractivity contribution in [1.29, 1.82) is 5.26 Å². The SMILES string of the molecule is CCO/C(=C/C#N)c1ccccc1. The van der Waals surface area contributed by atoms with Crippen LogP contribution in [0.25, 0.3) is 5.76 Å². The van der Waals surface area contributed by atoms with Gasteiger partial charge < -0.3 is 4.74 Å². The number of allylic oxidation sites excluding steroid dienone is 1. The van der Waals surface area contributed by atoms with E-state index >= 15 is 0 Å².